The first-order valence-corrected chi connectivity index (χ1v) is 10.6. The monoisotopic (exact) mass is 467 g/mol. The Morgan fingerprint density at radius 3 is 2.03 bits per heavy atom. The van der Waals surface area contributed by atoms with Crippen LogP contribution in [-0.2, 0) is 30.3 Å². The van der Waals surface area contributed by atoms with Crippen LogP contribution in [0.25, 0.3) is 0 Å². The Morgan fingerprint density at radius 2 is 1.55 bits per heavy atom. The van der Waals surface area contributed by atoms with Gasteiger partial charge in [0.25, 0.3) is 0 Å². The van der Waals surface area contributed by atoms with Gasteiger partial charge in [-0.3, -0.25) is 14.4 Å². The zero-order chi connectivity index (χ0) is 25.4. The van der Waals surface area contributed by atoms with Gasteiger partial charge in [0.15, 0.2) is 11.5 Å². The molecule has 33 heavy (non-hydrogen) atoms. The van der Waals surface area contributed by atoms with Crippen LogP contribution in [-0.4, -0.2) is 46.4 Å². The van der Waals surface area contributed by atoms with Crippen molar-refractivity contribution in [1.29, 1.82) is 0 Å². The van der Waals surface area contributed by atoms with E-state index in [0.29, 0.717) is 5.56 Å². The summed E-state index contributed by atoms with van der Waals surface area (Å²) in [6.07, 6.45) is -1.98. The van der Waals surface area contributed by atoms with Gasteiger partial charge in [0.05, 0.1) is 0 Å². The topological polar surface area (TPSA) is 151 Å². The Labute approximate surface area is 193 Å². The number of nitrogens with two attached hydrogens (primary N) is 1. The minimum absolute atomic E-state index is 0.0213. The fourth-order valence-corrected chi connectivity index (χ4v) is 2.81. The lowest BCUT2D eigenvalue weighted by Crippen LogP contribution is -2.52. The average Bonchev–Trinajstić information content (AvgIpc) is 2.67. The minimum atomic E-state index is -1.81. The molecule has 0 heterocycles. The van der Waals surface area contributed by atoms with Crippen LogP contribution in [0, 0.1) is 0 Å². The number of rotatable bonds is 10. The standard InChI is InChI=1S/C23H33NO9/c1-7-18(25)31-16-10-9-15(11-17(16)32-19(26)8-2)13-23(24,20(27)28)12-14(3)30-21(29)33-22(4,5)6/h9-11,14H,7-8,12-13,24H2,1-6H3,(H,27,28)/t14-,23?/m0/s1. The predicted octanol–water partition coefficient (Wildman–Crippen LogP) is 3.37. The number of hydrogen-bond donors (Lipinski definition) is 2. The van der Waals surface area contributed by atoms with Crippen molar-refractivity contribution in [2.24, 2.45) is 5.73 Å². The highest BCUT2D eigenvalue weighted by molar-refractivity contribution is 5.79. The van der Waals surface area contributed by atoms with Crippen molar-refractivity contribution in [1.82, 2.24) is 0 Å². The summed E-state index contributed by atoms with van der Waals surface area (Å²) in [5.74, 6) is -2.38. The summed E-state index contributed by atoms with van der Waals surface area (Å²) >= 11 is 0. The molecule has 184 valence electrons. The molecule has 1 aromatic carbocycles. The molecule has 0 saturated heterocycles. The number of hydrogen-bond acceptors (Lipinski definition) is 9. The van der Waals surface area contributed by atoms with Gasteiger partial charge in [-0.05, 0) is 45.4 Å². The van der Waals surface area contributed by atoms with Crippen LogP contribution in [0.15, 0.2) is 18.2 Å². The predicted molar refractivity (Wildman–Crippen MR) is 118 cm³/mol. The smallest absolute Gasteiger partial charge is 0.480 e. The first-order chi connectivity index (χ1) is 15.2. The zero-order valence-electron chi connectivity index (χ0n) is 19.9. The second-order valence-electron chi connectivity index (χ2n) is 8.67. The summed E-state index contributed by atoms with van der Waals surface area (Å²) in [6, 6.07) is 4.32. The van der Waals surface area contributed by atoms with E-state index in [1.807, 2.05) is 0 Å². The van der Waals surface area contributed by atoms with E-state index in [4.69, 9.17) is 24.7 Å². The minimum Gasteiger partial charge on any atom is -0.480 e. The number of carboxylic acid groups (broad SMARTS) is 1. The molecular weight excluding hydrogens is 434 g/mol. The Hall–Kier alpha value is -3.14. The summed E-state index contributed by atoms with van der Waals surface area (Å²) in [5, 5.41) is 9.77. The Bertz CT molecular complexity index is 875. The average molecular weight is 468 g/mol. The molecule has 2 atom stereocenters. The quantitative estimate of drug-likeness (QED) is 0.387. The van der Waals surface area contributed by atoms with Crippen molar-refractivity contribution >= 4 is 24.1 Å². The molecular formula is C23H33NO9. The third-order valence-corrected chi connectivity index (χ3v) is 4.32. The van der Waals surface area contributed by atoms with Gasteiger partial charge in [-0.15, -0.1) is 0 Å². The number of carbonyl (C=O) groups is 4. The van der Waals surface area contributed by atoms with E-state index in [-0.39, 0.29) is 37.2 Å². The zero-order valence-corrected chi connectivity index (χ0v) is 19.9. The summed E-state index contributed by atoms with van der Waals surface area (Å²) in [4.78, 5) is 47.3. The second-order valence-corrected chi connectivity index (χ2v) is 8.67. The lowest BCUT2D eigenvalue weighted by atomic mass is 9.86. The molecule has 0 aromatic heterocycles. The fourth-order valence-electron chi connectivity index (χ4n) is 2.81. The van der Waals surface area contributed by atoms with E-state index in [9.17, 15) is 24.3 Å². The van der Waals surface area contributed by atoms with Gasteiger partial charge >= 0.3 is 24.1 Å². The van der Waals surface area contributed by atoms with Crippen LogP contribution in [0.5, 0.6) is 11.5 Å². The van der Waals surface area contributed by atoms with Crippen molar-refractivity contribution in [3.63, 3.8) is 0 Å². The molecule has 10 nitrogen and oxygen atoms in total. The first-order valence-electron chi connectivity index (χ1n) is 10.6. The van der Waals surface area contributed by atoms with E-state index in [0.717, 1.165) is 0 Å². The molecule has 1 rings (SSSR count). The Morgan fingerprint density at radius 1 is 1.00 bits per heavy atom. The fraction of sp³-hybridized carbons (Fsp3) is 0.565. The van der Waals surface area contributed by atoms with Crippen LogP contribution in [0.2, 0.25) is 0 Å². The summed E-state index contributed by atoms with van der Waals surface area (Å²) < 4.78 is 20.7. The van der Waals surface area contributed by atoms with Gasteiger partial charge in [-0.2, -0.15) is 0 Å². The largest absolute Gasteiger partial charge is 0.509 e. The van der Waals surface area contributed by atoms with Gasteiger partial charge in [-0.1, -0.05) is 19.9 Å². The van der Waals surface area contributed by atoms with E-state index in [2.05, 4.69) is 0 Å². The van der Waals surface area contributed by atoms with E-state index >= 15 is 0 Å². The SMILES string of the molecule is CCC(=O)Oc1ccc(CC(N)(C[C@H](C)OC(=O)OC(C)(C)C)C(=O)O)cc1OC(=O)CC. The van der Waals surface area contributed by atoms with Gasteiger partial charge in [0, 0.05) is 25.7 Å². The number of esters is 2. The molecule has 0 saturated carbocycles. The molecule has 0 aliphatic rings. The first kappa shape index (κ1) is 27.9. The molecule has 0 fully saturated rings. The van der Waals surface area contributed by atoms with E-state index < -0.39 is 41.3 Å². The highest BCUT2D eigenvalue weighted by Gasteiger charge is 2.37. The second kappa shape index (κ2) is 11.6. The number of carboxylic acids is 1. The van der Waals surface area contributed by atoms with Gasteiger partial charge in [0.2, 0.25) is 0 Å². The normalized spacial score (nSPS) is 13.9. The van der Waals surface area contributed by atoms with Crippen molar-refractivity contribution in [3.05, 3.63) is 23.8 Å². The molecule has 0 radical (unpaired) electrons. The van der Waals surface area contributed by atoms with Crippen LogP contribution in [0.3, 0.4) is 0 Å². The summed E-state index contributed by atoms with van der Waals surface area (Å²) in [6.45, 7) is 9.75. The molecule has 0 bridgehead atoms. The molecule has 10 heteroatoms. The number of ether oxygens (including phenoxy) is 4. The molecule has 0 aliphatic heterocycles. The molecule has 3 N–H and O–H groups in total. The third kappa shape index (κ3) is 9.48. The van der Waals surface area contributed by atoms with E-state index in [1.54, 1.807) is 34.6 Å². The number of benzene rings is 1. The van der Waals surface area contributed by atoms with E-state index in [1.165, 1.54) is 25.1 Å². The van der Waals surface area contributed by atoms with Gasteiger partial charge < -0.3 is 29.8 Å². The molecule has 0 aliphatic carbocycles. The maximum atomic E-state index is 12.0. The Balaban J connectivity index is 3.10. The summed E-state index contributed by atoms with van der Waals surface area (Å²) in [5.41, 5.74) is 4.01. The molecule has 0 amide bonds. The summed E-state index contributed by atoms with van der Waals surface area (Å²) in [7, 11) is 0. The lowest BCUT2D eigenvalue weighted by molar-refractivity contribution is -0.145. The van der Waals surface area contributed by atoms with Gasteiger partial charge in [0.1, 0.15) is 17.2 Å². The maximum absolute atomic E-state index is 12.0. The molecule has 0 spiro atoms. The molecule has 1 aromatic rings. The van der Waals surface area contributed by atoms with Crippen molar-refractivity contribution in [2.75, 3.05) is 0 Å². The van der Waals surface area contributed by atoms with Crippen molar-refractivity contribution in [3.8, 4) is 11.5 Å². The van der Waals surface area contributed by atoms with Crippen LogP contribution in [0.1, 0.15) is 66.4 Å². The highest BCUT2D eigenvalue weighted by Crippen LogP contribution is 2.31. The van der Waals surface area contributed by atoms with Crippen LogP contribution < -0.4 is 15.2 Å². The van der Waals surface area contributed by atoms with Crippen LogP contribution >= 0.6 is 0 Å². The van der Waals surface area contributed by atoms with Gasteiger partial charge in [-0.25, -0.2) is 4.79 Å². The maximum Gasteiger partial charge on any atom is 0.509 e. The van der Waals surface area contributed by atoms with Crippen LogP contribution in [0.4, 0.5) is 4.79 Å². The van der Waals surface area contributed by atoms with Crippen molar-refractivity contribution < 1.29 is 43.2 Å². The van der Waals surface area contributed by atoms with Crippen molar-refractivity contribution in [2.45, 2.75) is 84.5 Å². The number of carbonyl (C=O) groups excluding carboxylic acids is 3. The molecule has 1 unspecified atom stereocenters. The highest BCUT2D eigenvalue weighted by atomic mass is 16.7. The number of aliphatic carboxylic acids is 1. The lowest BCUT2D eigenvalue weighted by Gasteiger charge is -2.28. The Kier molecular flexibility index (Phi) is 9.84. The third-order valence-electron chi connectivity index (χ3n) is 4.32.